The van der Waals surface area contributed by atoms with Gasteiger partial charge in [0.2, 0.25) is 0 Å². The number of hydrogen-bond donors (Lipinski definition) is 0. The molecule has 262 valence electrons. The fourth-order valence-corrected chi connectivity index (χ4v) is 7.68. The Bertz CT molecular complexity index is 1500. The van der Waals surface area contributed by atoms with Crippen molar-refractivity contribution in [3.63, 3.8) is 0 Å². The van der Waals surface area contributed by atoms with Gasteiger partial charge < -0.3 is 18.9 Å². The quantitative estimate of drug-likeness (QED) is 0.0601. The summed E-state index contributed by atoms with van der Waals surface area (Å²) in [7, 11) is 0. The van der Waals surface area contributed by atoms with Gasteiger partial charge >= 0.3 is 0 Å². The van der Waals surface area contributed by atoms with Crippen molar-refractivity contribution in [1.82, 2.24) is 0 Å². The summed E-state index contributed by atoms with van der Waals surface area (Å²) in [5, 5.41) is 0. The first-order chi connectivity index (χ1) is 24.3. The fraction of sp³-hybridized carbons (Fsp3) is 0.333. The molecule has 0 heterocycles. The van der Waals surface area contributed by atoms with Crippen LogP contribution in [0.5, 0.6) is 0 Å². The van der Waals surface area contributed by atoms with Crippen molar-refractivity contribution in [3.05, 3.63) is 179 Å². The Hall–Kier alpha value is -3.71. The average Bonchev–Trinajstić information content (AvgIpc) is 3.15. The maximum absolute atomic E-state index is 6.59. The van der Waals surface area contributed by atoms with Crippen LogP contribution >= 0.6 is 11.8 Å². The van der Waals surface area contributed by atoms with E-state index in [2.05, 4.69) is 143 Å². The first-order valence-corrected chi connectivity index (χ1v) is 18.6. The Morgan fingerprint density at radius 3 is 1.32 bits per heavy atom. The van der Waals surface area contributed by atoms with Gasteiger partial charge in [0.1, 0.15) is 0 Å². The van der Waals surface area contributed by atoms with Crippen LogP contribution in [-0.4, -0.2) is 36.5 Å². The Morgan fingerprint density at radius 2 is 0.900 bits per heavy atom. The minimum Gasteiger partial charge on any atom is -0.373 e. The van der Waals surface area contributed by atoms with Crippen LogP contribution < -0.4 is 0 Å². The van der Waals surface area contributed by atoms with Crippen molar-refractivity contribution in [2.24, 2.45) is 0 Å². The van der Waals surface area contributed by atoms with Crippen molar-refractivity contribution in [3.8, 4) is 0 Å². The predicted octanol–water partition coefficient (Wildman–Crippen LogP) is 10.8. The standard InChI is InChI=1S/C45H52O4S/c1-43(2,31-33-50-45(39-24-14-7-15-25-39,40-26-16-8-17-27-40)41-28-18-9-19-29-41)49-36-44(3,4)48-32-30-42(46-34-37-20-10-5-11-21-37)47-35-38-22-12-6-13-23-38/h5-29,42H,30-36H2,1-4H3. The molecule has 0 aromatic heterocycles. The summed E-state index contributed by atoms with van der Waals surface area (Å²) >= 11 is 1.97. The second-order valence-corrected chi connectivity index (χ2v) is 15.2. The number of ether oxygens (including phenoxy) is 4. The first kappa shape index (κ1) is 37.5. The van der Waals surface area contributed by atoms with Gasteiger partial charge in [0.05, 0.1) is 42.4 Å². The zero-order chi connectivity index (χ0) is 35.1. The highest BCUT2D eigenvalue weighted by molar-refractivity contribution is 8.00. The molecule has 0 amide bonds. The SMILES string of the molecule is CC(C)(CCSC(c1ccccc1)(c1ccccc1)c1ccccc1)OCC(C)(C)OCCC(OCc1ccccc1)OCc1ccccc1. The predicted molar refractivity (Wildman–Crippen MR) is 207 cm³/mol. The highest BCUT2D eigenvalue weighted by Gasteiger charge is 2.37. The Balaban J connectivity index is 1.17. The lowest BCUT2D eigenvalue weighted by Crippen LogP contribution is -2.38. The van der Waals surface area contributed by atoms with Crippen LogP contribution in [0, 0.1) is 0 Å². The van der Waals surface area contributed by atoms with Gasteiger partial charge in [-0.2, -0.15) is 0 Å². The molecule has 0 fully saturated rings. The lowest BCUT2D eigenvalue weighted by molar-refractivity contribution is -0.178. The Morgan fingerprint density at radius 1 is 0.500 bits per heavy atom. The van der Waals surface area contributed by atoms with Gasteiger partial charge in [0.25, 0.3) is 0 Å². The first-order valence-electron chi connectivity index (χ1n) is 17.7. The largest absolute Gasteiger partial charge is 0.373 e. The molecule has 0 spiro atoms. The van der Waals surface area contributed by atoms with Gasteiger partial charge in [0.15, 0.2) is 6.29 Å². The van der Waals surface area contributed by atoms with Gasteiger partial charge in [0, 0.05) is 6.42 Å². The van der Waals surface area contributed by atoms with Crippen molar-refractivity contribution in [2.45, 2.75) is 76.0 Å². The molecule has 0 N–H and O–H groups in total. The fourth-order valence-electron chi connectivity index (χ4n) is 5.87. The number of hydrogen-bond acceptors (Lipinski definition) is 5. The summed E-state index contributed by atoms with van der Waals surface area (Å²) in [5.41, 5.74) is 5.23. The maximum atomic E-state index is 6.59. The molecule has 50 heavy (non-hydrogen) atoms. The molecule has 5 rings (SSSR count). The third-order valence-electron chi connectivity index (χ3n) is 8.78. The highest BCUT2D eigenvalue weighted by Crippen LogP contribution is 2.49. The zero-order valence-electron chi connectivity index (χ0n) is 30.0. The van der Waals surface area contributed by atoms with Crippen LogP contribution in [0.1, 0.15) is 68.4 Å². The molecule has 0 saturated heterocycles. The van der Waals surface area contributed by atoms with E-state index in [1.165, 1.54) is 16.7 Å². The van der Waals surface area contributed by atoms with E-state index in [0.29, 0.717) is 32.8 Å². The summed E-state index contributed by atoms with van der Waals surface area (Å²) < 4.78 is 25.1. The van der Waals surface area contributed by atoms with Crippen LogP contribution in [0.4, 0.5) is 0 Å². The molecular formula is C45H52O4S. The van der Waals surface area contributed by atoms with Gasteiger partial charge in [-0.05, 0) is 67.7 Å². The van der Waals surface area contributed by atoms with Crippen LogP contribution in [0.25, 0.3) is 0 Å². The van der Waals surface area contributed by atoms with E-state index < -0.39 is 5.60 Å². The highest BCUT2D eigenvalue weighted by atomic mass is 32.2. The smallest absolute Gasteiger partial charge is 0.160 e. The van der Waals surface area contributed by atoms with Gasteiger partial charge in [-0.3, -0.25) is 0 Å². The second kappa shape index (κ2) is 18.5. The lowest BCUT2D eigenvalue weighted by Gasteiger charge is -2.37. The van der Waals surface area contributed by atoms with Gasteiger partial charge in [-0.25, -0.2) is 0 Å². The molecule has 5 heteroatoms. The topological polar surface area (TPSA) is 36.9 Å². The summed E-state index contributed by atoms with van der Waals surface area (Å²) in [5.74, 6) is 0.909. The summed E-state index contributed by atoms with van der Waals surface area (Å²) in [6.45, 7) is 10.5. The maximum Gasteiger partial charge on any atom is 0.160 e. The third kappa shape index (κ3) is 11.1. The van der Waals surface area contributed by atoms with E-state index in [-0.39, 0.29) is 16.6 Å². The van der Waals surface area contributed by atoms with Crippen molar-refractivity contribution >= 4 is 11.8 Å². The van der Waals surface area contributed by atoms with Crippen LogP contribution in [0.15, 0.2) is 152 Å². The minimum atomic E-state index is -0.476. The minimum absolute atomic E-state index is 0.343. The lowest BCUT2D eigenvalue weighted by atomic mass is 9.84. The summed E-state index contributed by atoms with van der Waals surface area (Å²) in [6.07, 6.45) is 1.11. The van der Waals surface area contributed by atoms with E-state index in [4.69, 9.17) is 18.9 Å². The Labute approximate surface area is 304 Å². The molecule has 0 atom stereocenters. The monoisotopic (exact) mass is 688 g/mol. The van der Waals surface area contributed by atoms with Crippen molar-refractivity contribution < 1.29 is 18.9 Å². The Kier molecular flexibility index (Phi) is 13.9. The molecule has 0 aliphatic rings. The van der Waals surface area contributed by atoms with E-state index in [1.807, 2.05) is 48.2 Å². The second-order valence-electron chi connectivity index (χ2n) is 13.8. The number of thioether (sulfide) groups is 1. The summed E-state index contributed by atoms with van der Waals surface area (Å²) in [6, 6.07) is 53.0. The zero-order valence-corrected chi connectivity index (χ0v) is 30.8. The molecule has 4 nitrogen and oxygen atoms in total. The number of rotatable bonds is 20. The molecule has 0 unspecified atom stereocenters. The van der Waals surface area contributed by atoms with Crippen molar-refractivity contribution in [2.75, 3.05) is 19.0 Å². The molecule has 0 aliphatic carbocycles. The molecule has 5 aromatic rings. The van der Waals surface area contributed by atoms with Gasteiger partial charge in [-0.1, -0.05) is 152 Å². The van der Waals surface area contributed by atoms with Crippen molar-refractivity contribution in [1.29, 1.82) is 0 Å². The normalized spacial score (nSPS) is 12.3. The third-order valence-corrected chi connectivity index (χ3v) is 10.3. The molecular weight excluding hydrogens is 637 g/mol. The van der Waals surface area contributed by atoms with Crippen LogP contribution in [0.2, 0.25) is 0 Å². The van der Waals surface area contributed by atoms with Crippen LogP contribution in [-0.2, 0) is 36.9 Å². The summed E-state index contributed by atoms with van der Waals surface area (Å²) in [4.78, 5) is 0. The number of benzene rings is 5. The van der Waals surface area contributed by atoms with E-state index >= 15 is 0 Å². The van der Waals surface area contributed by atoms with Crippen LogP contribution in [0.3, 0.4) is 0 Å². The average molecular weight is 689 g/mol. The van der Waals surface area contributed by atoms with E-state index in [0.717, 1.165) is 23.3 Å². The molecule has 0 bridgehead atoms. The van der Waals surface area contributed by atoms with E-state index in [1.54, 1.807) is 0 Å². The molecule has 0 aliphatic heterocycles. The molecule has 5 aromatic carbocycles. The van der Waals surface area contributed by atoms with E-state index in [9.17, 15) is 0 Å². The molecule has 0 saturated carbocycles. The van der Waals surface area contributed by atoms with Gasteiger partial charge in [-0.15, -0.1) is 11.8 Å². The molecule has 0 radical (unpaired) electrons.